The molecule has 0 radical (unpaired) electrons. The van der Waals surface area contributed by atoms with Crippen molar-refractivity contribution in [2.45, 2.75) is 82.3 Å². The molecule has 0 bridgehead atoms. The highest BCUT2D eigenvalue weighted by molar-refractivity contribution is 8.01. The molecule has 5 nitrogen and oxygen atoms in total. The van der Waals surface area contributed by atoms with E-state index in [-0.39, 0.29) is 0 Å². The Hall–Kier alpha value is -1.43. The van der Waals surface area contributed by atoms with E-state index in [1.165, 1.54) is 69.8 Å². The van der Waals surface area contributed by atoms with E-state index in [4.69, 9.17) is 4.74 Å². The minimum Gasteiger partial charge on any atom is -0.493 e. The summed E-state index contributed by atoms with van der Waals surface area (Å²) in [5.41, 5.74) is 3.28. The molecule has 4 saturated carbocycles. The highest BCUT2D eigenvalue weighted by atomic mass is 32.2. The van der Waals surface area contributed by atoms with Gasteiger partial charge in [-0.05, 0) is 87.5 Å². The minimum atomic E-state index is 0.322. The Bertz CT molecular complexity index is 887. The van der Waals surface area contributed by atoms with Crippen LogP contribution in [0.5, 0.6) is 5.75 Å². The summed E-state index contributed by atoms with van der Waals surface area (Å²) in [6.45, 7) is 3.25. The summed E-state index contributed by atoms with van der Waals surface area (Å²) in [6, 6.07) is 2.11. The van der Waals surface area contributed by atoms with Gasteiger partial charge in [-0.3, -0.25) is 9.12 Å². The lowest BCUT2D eigenvalue weighted by Crippen LogP contribution is -2.31. The number of anilines is 1. The molecule has 28 heavy (non-hydrogen) atoms. The SMILES string of the molecule is CC1(COc2cc3nnc(NSC4CC4)n3cc2C2CC2)CCC2(CC1)CC2. The maximum Gasteiger partial charge on any atom is 0.239 e. The Balaban J connectivity index is 1.21. The van der Waals surface area contributed by atoms with Crippen LogP contribution in [0.2, 0.25) is 0 Å². The maximum atomic E-state index is 6.49. The third kappa shape index (κ3) is 3.38. The van der Waals surface area contributed by atoms with Crippen LogP contribution in [0.3, 0.4) is 0 Å². The summed E-state index contributed by atoms with van der Waals surface area (Å²) in [4.78, 5) is 0. The van der Waals surface area contributed by atoms with E-state index in [0.717, 1.165) is 34.6 Å². The molecule has 0 aliphatic heterocycles. The Morgan fingerprint density at radius 3 is 2.54 bits per heavy atom. The van der Waals surface area contributed by atoms with E-state index in [1.807, 2.05) is 0 Å². The van der Waals surface area contributed by atoms with Crippen LogP contribution in [0.15, 0.2) is 12.3 Å². The molecule has 1 spiro atoms. The van der Waals surface area contributed by atoms with E-state index in [1.54, 1.807) is 11.9 Å². The Morgan fingerprint density at radius 2 is 1.86 bits per heavy atom. The topological polar surface area (TPSA) is 51.5 Å². The molecule has 0 aromatic carbocycles. The lowest BCUT2D eigenvalue weighted by atomic mass is 9.71. The van der Waals surface area contributed by atoms with Gasteiger partial charge in [0, 0.05) is 28.5 Å². The van der Waals surface area contributed by atoms with Crippen molar-refractivity contribution in [2.75, 3.05) is 11.3 Å². The number of ether oxygens (including phenoxy) is 1. The van der Waals surface area contributed by atoms with Crippen LogP contribution in [0.4, 0.5) is 5.95 Å². The highest BCUT2D eigenvalue weighted by Gasteiger charge is 2.48. The molecular weight excluding hydrogens is 368 g/mol. The second-order valence-corrected chi connectivity index (χ2v) is 11.2. The summed E-state index contributed by atoms with van der Waals surface area (Å²) >= 11 is 1.78. The Kier molecular flexibility index (Phi) is 3.91. The van der Waals surface area contributed by atoms with Gasteiger partial charge >= 0.3 is 0 Å². The first-order chi connectivity index (χ1) is 13.6. The molecule has 6 heteroatoms. The van der Waals surface area contributed by atoms with E-state index in [0.29, 0.717) is 11.3 Å². The number of fused-ring (bicyclic) bond motifs is 1. The number of nitrogens with zero attached hydrogens (tertiary/aromatic N) is 3. The van der Waals surface area contributed by atoms with Gasteiger partial charge in [0.25, 0.3) is 0 Å². The second kappa shape index (κ2) is 6.28. The van der Waals surface area contributed by atoms with Crippen LogP contribution in [0.1, 0.15) is 82.6 Å². The van der Waals surface area contributed by atoms with Gasteiger partial charge in [0.1, 0.15) is 5.75 Å². The molecule has 1 N–H and O–H groups in total. The van der Waals surface area contributed by atoms with E-state index in [9.17, 15) is 0 Å². The lowest BCUT2D eigenvalue weighted by Gasteiger charge is -2.37. The monoisotopic (exact) mass is 398 g/mol. The van der Waals surface area contributed by atoms with Crippen LogP contribution < -0.4 is 9.46 Å². The van der Waals surface area contributed by atoms with Crippen molar-refractivity contribution in [2.24, 2.45) is 10.8 Å². The third-order valence-corrected chi connectivity index (χ3v) is 8.55. The van der Waals surface area contributed by atoms with Gasteiger partial charge in [0.05, 0.1) is 6.61 Å². The van der Waals surface area contributed by atoms with Gasteiger partial charge < -0.3 is 4.74 Å². The van der Waals surface area contributed by atoms with E-state index in [2.05, 4.69) is 38.5 Å². The number of pyridine rings is 1. The standard InChI is InChI=1S/C22H30N4OS/c1-21(6-8-22(9-7-21)10-11-22)14-27-18-12-19-23-24-20(25-28-16-4-5-16)26(19)13-17(18)15-2-3-15/h12-13,15-16H,2-11,14H2,1H3,(H,24,25). The molecule has 0 saturated heterocycles. The average molecular weight is 399 g/mol. The average Bonchev–Trinajstić information content (AvgIpc) is 3.58. The molecule has 0 unspecified atom stereocenters. The fourth-order valence-electron chi connectivity index (χ4n) is 4.61. The summed E-state index contributed by atoms with van der Waals surface area (Å²) in [7, 11) is 0. The molecule has 0 atom stereocenters. The molecule has 0 amide bonds. The fraction of sp³-hybridized carbons (Fsp3) is 0.727. The molecule has 2 aromatic rings. The zero-order valence-electron chi connectivity index (χ0n) is 16.7. The summed E-state index contributed by atoms with van der Waals surface area (Å²) < 4.78 is 12.0. The number of aromatic nitrogens is 3. The molecule has 2 heterocycles. The van der Waals surface area contributed by atoms with Crippen molar-refractivity contribution >= 4 is 23.5 Å². The van der Waals surface area contributed by atoms with Crippen molar-refractivity contribution < 1.29 is 4.74 Å². The smallest absolute Gasteiger partial charge is 0.239 e. The Labute approximate surface area is 171 Å². The van der Waals surface area contributed by atoms with E-state index >= 15 is 0 Å². The van der Waals surface area contributed by atoms with Crippen LogP contribution in [0, 0.1) is 10.8 Å². The molecule has 6 rings (SSSR count). The number of rotatable bonds is 7. The number of hydrogen-bond acceptors (Lipinski definition) is 5. The first-order valence-electron chi connectivity index (χ1n) is 11.0. The first-order valence-corrected chi connectivity index (χ1v) is 11.9. The van der Waals surface area contributed by atoms with Gasteiger partial charge in [-0.25, -0.2) is 0 Å². The fourth-order valence-corrected chi connectivity index (χ4v) is 5.39. The van der Waals surface area contributed by atoms with Gasteiger partial charge in [-0.1, -0.05) is 6.92 Å². The quantitative estimate of drug-likeness (QED) is 0.618. The van der Waals surface area contributed by atoms with Gasteiger partial charge in [0.15, 0.2) is 5.65 Å². The third-order valence-electron chi connectivity index (χ3n) is 7.44. The molecule has 4 aliphatic rings. The maximum absolute atomic E-state index is 6.49. The van der Waals surface area contributed by atoms with Crippen LogP contribution in [-0.4, -0.2) is 26.5 Å². The lowest BCUT2D eigenvalue weighted by molar-refractivity contribution is 0.0872. The predicted molar refractivity (Wildman–Crippen MR) is 113 cm³/mol. The van der Waals surface area contributed by atoms with Gasteiger partial charge in [-0.15, -0.1) is 10.2 Å². The number of hydrogen-bond donors (Lipinski definition) is 1. The summed E-state index contributed by atoms with van der Waals surface area (Å²) in [5, 5.41) is 9.50. The van der Waals surface area contributed by atoms with Crippen LogP contribution in [0.25, 0.3) is 5.65 Å². The molecule has 4 fully saturated rings. The number of nitrogens with one attached hydrogen (secondary N) is 1. The molecule has 150 valence electrons. The predicted octanol–water partition coefficient (Wildman–Crippen LogP) is 5.57. The van der Waals surface area contributed by atoms with Crippen molar-refractivity contribution in [1.29, 1.82) is 0 Å². The minimum absolute atomic E-state index is 0.322. The summed E-state index contributed by atoms with van der Waals surface area (Å²) in [6.07, 6.45) is 15.7. The van der Waals surface area contributed by atoms with Crippen LogP contribution >= 0.6 is 11.9 Å². The normalized spacial score (nSPS) is 25.2. The van der Waals surface area contributed by atoms with Crippen molar-refractivity contribution in [1.82, 2.24) is 14.6 Å². The molecular formula is C22H30N4OS. The van der Waals surface area contributed by atoms with Crippen molar-refractivity contribution in [3.05, 3.63) is 17.8 Å². The van der Waals surface area contributed by atoms with Gasteiger partial charge in [0.2, 0.25) is 5.95 Å². The van der Waals surface area contributed by atoms with Gasteiger partial charge in [-0.2, -0.15) is 0 Å². The first kappa shape index (κ1) is 17.4. The zero-order valence-corrected chi connectivity index (χ0v) is 17.6. The Morgan fingerprint density at radius 1 is 1.11 bits per heavy atom. The second-order valence-electron chi connectivity index (χ2n) is 10.1. The zero-order chi connectivity index (χ0) is 18.8. The van der Waals surface area contributed by atoms with E-state index < -0.39 is 0 Å². The van der Waals surface area contributed by atoms with Crippen molar-refractivity contribution in [3.63, 3.8) is 0 Å². The molecule has 4 aliphatic carbocycles. The van der Waals surface area contributed by atoms with Crippen LogP contribution in [-0.2, 0) is 0 Å². The summed E-state index contributed by atoms with van der Waals surface area (Å²) in [5.74, 6) is 2.52. The highest BCUT2D eigenvalue weighted by Crippen LogP contribution is 2.59. The van der Waals surface area contributed by atoms with Crippen molar-refractivity contribution in [3.8, 4) is 5.75 Å². The molecule has 2 aromatic heterocycles. The largest absolute Gasteiger partial charge is 0.493 e.